The molecule has 1 aromatic carbocycles. The summed E-state index contributed by atoms with van der Waals surface area (Å²) in [4.78, 5) is 36.7. The number of hydrogen-bond acceptors (Lipinski definition) is 3. The monoisotopic (exact) mass is 315 g/mol. The van der Waals surface area contributed by atoms with E-state index in [0.29, 0.717) is 5.92 Å². The van der Waals surface area contributed by atoms with E-state index in [9.17, 15) is 14.4 Å². The van der Waals surface area contributed by atoms with Gasteiger partial charge < -0.3 is 9.88 Å². The Bertz CT molecular complexity index is 818. The van der Waals surface area contributed by atoms with Gasteiger partial charge in [0.25, 0.3) is 5.56 Å². The Kier molecular flexibility index (Phi) is 5.16. The standard InChI is InChI=1S/C17H21N3O3/c1-11(2)13-4-5-14(12(3)10-13)18-15(21)6-8-20-9-7-16(22)19-17(20)23/h4-5,7,9-11H,6,8H2,1-3H3,(H,18,21)(H,19,22,23). The van der Waals surface area contributed by atoms with Crippen molar-refractivity contribution in [2.24, 2.45) is 0 Å². The summed E-state index contributed by atoms with van der Waals surface area (Å²) >= 11 is 0. The van der Waals surface area contributed by atoms with E-state index < -0.39 is 11.2 Å². The van der Waals surface area contributed by atoms with E-state index in [2.05, 4.69) is 30.2 Å². The van der Waals surface area contributed by atoms with Crippen molar-refractivity contribution in [3.63, 3.8) is 0 Å². The minimum absolute atomic E-state index is 0.150. The van der Waals surface area contributed by atoms with Crippen molar-refractivity contribution in [2.75, 3.05) is 5.32 Å². The van der Waals surface area contributed by atoms with Crippen molar-refractivity contribution in [1.29, 1.82) is 0 Å². The Hall–Kier alpha value is -2.63. The summed E-state index contributed by atoms with van der Waals surface area (Å²) in [5.74, 6) is 0.258. The van der Waals surface area contributed by atoms with E-state index >= 15 is 0 Å². The van der Waals surface area contributed by atoms with E-state index in [1.807, 2.05) is 19.1 Å². The Labute approximate surface area is 134 Å². The molecule has 1 amide bonds. The number of carbonyl (C=O) groups excluding carboxylic acids is 1. The predicted octanol–water partition coefficient (Wildman–Crippen LogP) is 2.00. The van der Waals surface area contributed by atoms with Crippen molar-refractivity contribution < 1.29 is 4.79 Å². The second-order valence-corrected chi connectivity index (χ2v) is 5.83. The lowest BCUT2D eigenvalue weighted by Gasteiger charge is -2.12. The van der Waals surface area contributed by atoms with Gasteiger partial charge in [-0.1, -0.05) is 26.0 Å². The molecule has 0 saturated heterocycles. The number of carbonyl (C=O) groups is 1. The molecule has 6 nitrogen and oxygen atoms in total. The molecule has 2 N–H and O–H groups in total. The van der Waals surface area contributed by atoms with E-state index in [-0.39, 0.29) is 18.9 Å². The molecule has 6 heteroatoms. The molecule has 0 saturated carbocycles. The van der Waals surface area contributed by atoms with Gasteiger partial charge >= 0.3 is 5.69 Å². The largest absolute Gasteiger partial charge is 0.328 e. The van der Waals surface area contributed by atoms with Crippen molar-refractivity contribution in [3.05, 3.63) is 62.4 Å². The topological polar surface area (TPSA) is 84.0 Å². The summed E-state index contributed by atoms with van der Waals surface area (Å²) in [6.45, 7) is 6.41. The lowest BCUT2D eigenvalue weighted by atomic mass is 10.0. The number of aromatic amines is 1. The molecule has 122 valence electrons. The molecule has 0 spiro atoms. The second-order valence-electron chi connectivity index (χ2n) is 5.83. The minimum atomic E-state index is -0.511. The molecule has 1 aromatic heterocycles. The average Bonchev–Trinajstić information content (AvgIpc) is 2.48. The van der Waals surface area contributed by atoms with Gasteiger partial charge in [0, 0.05) is 30.9 Å². The highest BCUT2D eigenvalue weighted by molar-refractivity contribution is 5.91. The molecule has 23 heavy (non-hydrogen) atoms. The Morgan fingerprint density at radius 2 is 2.00 bits per heavy atom. The molecule has 0 bridgehead atoms. The van der Waals surface area contributed by atoms with Crippen LogP contribution in [0.5, 0.6) is 0 Å². The first-order chi connectivity index (χ1) is 10.9. The highest BCUT2D eigenvalue weighted by Gasteiger charge is 2.08. The normalized spacial score (nSPS) is 10.8. The number of nitrogens with zero attached hydrogens (tertiary/aromatic N) is 1. The van der Waals surface area contributed by atoms with Crippen LogP contribution in [0.4, 0.5) is 5.69 Å². The molecule has 2 rings (SSSR count). The number of aromatic nitrogens is 2. The van der Waals surface area contributed by atoms with Crippen LogP contribution in [0, 0.1) is 6.92 Å². The number of rotatable bonds is 5. The van der Waals surface area contributed by atoms with E-state index in [1.165, 1.54) is 22.4 Å². The first-order valence-corrected chi connectivity index (χ1v) is 7.57. The number of hydrogen-bond donors (Lipinski definition) is 2. The molecule has 0 aliphatic rings. The molecular formula is C17H21N3O3. The summed E-state index contributed by atoms with van der Waals surface area (Å²) < 4.78 is 1.30. The fourth-order valence-electron chi connectivity index (χ4n) is 2.24. The highest BCUT2D eigenvalue weighted by Crippen LogP contribution is 2.21. The van der Waals surface area contributed by atoms with Crippen LogP contribution in [0.25, 0.3) is 0 Å². The maximum atomic E-state index is 12.0. The van der Waals surface area contributed by atoms with Crippen molar-refractivity contribution in [2.45, 2.75) is 39.7 Å². The molecule has 0 aliphatic heterocycles. The molecule has 0 unspecified atom stereocenters. The van der Waals surface area contributed by atoms with Crippen LogP contribution in [0.3, 0.4) is 0 Å². The fraction of sp³-hybridized carbons (Fsp3) is 0.353. The molecular weight excluding hydrogens is 294 g/mol. The number of H-pyrrole nitrogens is 1. The van der Waals surface area contributed by atoms with Gasteiger partial charge in [-0.05, 0) is 30.0 Å². The summed E-state index contributed by atoms with van der Waals surface area (Å²) in [7, 11) is 0. The fourth-order valence-corrected chi connectivity index (χ4v) is 2.24. The van der Waals surface area contributed by atoms with Gasteiger partial charge in [0.15, 0.2) is 0 Å². The van der Waals surface area contributed by atoms with Gasteiger partial charge in [0.05, 0.1) is 0 Å². The van der Waals surface area contributed by atoms with Gasteiger partial charge in [-0.2, -0.15) is 0 Å². The smallest absolute Gasteiger partial charge is 0.326 e. The number of amides is 1. The van der Waals surface area contributed by atoms with Gasteiger partial charge in [-0.25, -0.2) is 4.79 Å². The summed E-state index contributed by atoms with van der Waals surface area (Å²) in [5, 5.41) is 2.85. The number of benzene rings is 1. The number of aryl methyl sites for hydroxylation is 2. The Balaban J connectivity index is 2.00. The zero-order valence-electron chi connectivity index (χ0n) is 13.6. The second kappa shape index (κ2) is 7.09. The van der Waals surface area contributed by atoms with Crippen LogP contribution in [0.1, 0.15) is 37.3 Å². The Morgan fingerprint density at radius 3 is 2.61 bits per heavy atom. The highest BCUT2D eigenvalue weighted by atomic mass is 16.2. The molecule has 0 fully saturated rings. The Morgan fingerprint density at radius 1 is 1.26 bits per heavy atom. The number of anilines is 1. The third-order valence-corrected chi connectivity index (χ3v) is 3.67. The third-order valence-electron chi connectivity index (χ3n) is 3.67. The van der Waals surface area contributed by atoms with E-state index in [1.54, 1.807) is 0 Å². The summed E-state index contributed by atoms with van der Waals surface area (Å²) in [5.41, 5.74) is 2.04. The zero-order valence-corrected chi connectivity index (χ0v) is 13.6. The minimum Gasteiger partial charge on any atom is -0.326 e. The summed E-state index contributed by atoms with van der Waals surface area (Å²) in [6.07, 6.45) is 1.54. The zero-order chi connectivity index (χ0) is 17.0. The molecule has 0 aliphatic carbocycles. The van der Waals surface area contributed by atoms with Crippen LogP contribution in [0.2, 0.25) is 0 Å². The molecule has 0 radical (unpaired) electrons. The van der Waals surface area contributed by atoms with Gasteiger partial charge in [0.1, 0.15) is 0 Å². The first kappa shape index (κ1) is 16.7. The van der Waals surface area contributed by atoms with E-state index in [0.717, 1.165) is 11.3 Å². The molecule has 0 atom stereocenters. The summed E-state index contributed by atoms with van der Waals surface area (Å²) in [6, 6.07) is 7.22. The first-order valence-electron chi connectivity index (χ1n) is 7.57. The van der Waals surface area contributed by atoms with Crippen LogP contribution in [-0.4, -0.2) is 15.5 Å². The van der Waals surface area contributed by atoms with Gasteiger partial charge in [-0.15, -0.1) is 0 Å². The third kappa shape index (κ3) is 4.42. The van der Waals surface area contributed by atoms with Crippen LogP contribution in [-0.2, 0) is 11.3 Å². The van der Waals surface area contributed by atoms with Crippen LogP contribution in [0.15, 0.2) is 40.1 Å². The van der Waals surface area contributed by atoms with Crippen LogP contribution >= 0.6 is 0 Å². The lowest BCUT2D eigenvalue weighted by Crippen LogP contribution is -2.29. The quantitative estimate of drug-likeness (QED) is 0.885. The maximum Gasteiger partial charge on any atom is 0.328 e. The maximum absolute atomic E-state index is 12.0. The van der Waals surface area contributed by atoms with E-state index in [4.69, 9.17) is 0 Å². The molecule has 2 aromatic rings. The molecule has 1 heterocycles. The van der Waals surface area contributed by atoms with Gasteiger partial charge in [0.2, 0.25) is 5.91 Å². The van der Waals surface area contributed by atoms with Crippen LogP contribution < -0.4 is 16.6 Å². The van der Waals surface area contributed by atoms with Crippen molar-refractivity contribution >= 4 is 11.6 Å². The lowest BCUT2D eigenvalue weighted by molar-refractivity contribution is -0.116. The van der Waals surface area contributed by atoms with Gasteiger partial charge in [-0.3, -0.25) is 14.6 Å². The van der Waals surface area contributed by atoms with Crippen molar-refractivity contribution in [3.8, 4) is 0 Å². The average molecular weight is 315 g/mol. The number of nitrogens with one attached hydrogen (secondary N) is 2. The SMILES string of the molecule is Cc1cc(C(C)C)ccc1NC(=O)CCn1ccc(=O)[nH]c1=O. The van der Waals surface area contributed by atoms with Crippen molar-refractivity contribution in [1.82, 2.24) is 9.55 Å². The predicted molar refractivity (Wildman–Crippen MR) is 89.8 cm³/mol.